The van der Waals surface area contributed by atoms with Gasteiger partial charge in [-0.25, -0.2) is 4.98 Å². The minimum atomic E-state index is -4.41. The lowest BCUT2D eigenvalue weighted by molar-refractivity contribution is -0.137. The SMILES string of the molecule is FCC1CCCN(c2ncc(C(F)(F)F)cc2Br)C1. The Labute approximate surface area is 116 Å². The van der Waals surface area contributed by atoms with Crippen molar-refractivity contribution in [3.05, 3.63) is 22.3 Å². The first-order valence-electron chi connectivity index (χ1n) is 5.95. The first-order chi connectivity index (χ1) is 8.91. The highest BCUT2D eigenvalue weighted by atomic mass is 79.9. The van der Waals surface area contributed by atoms with Crippen molar-refractivity contribution in [3.63, 3.8) is 0 Å². The van der Waals surface area contributed by atoms with Crippen LogP contribution in [0.4, 0.5) is 23.4 Å². The van der Waals surface area contributed by atoms with Crippen LogP contribution < -0.4 is 4.90 Å². The summed E-state index contributed by atoms with van der Waals surface area (Å²) in [6.45, 7) is 0.773. The average Bonchev–Trinajstić information content (AvgIpc) is 2.37. The van der Waals surface area contributed by atoms with Crippen molar-refractivity contribution in [2.24, 2.45) is 5.92 Å². The summed E-state index contributed by atoms with van der Waals surface area (Å²) in [6, 6.07) is 1.02. The van der Waals surface area contributed by atoms with Gasteiger partial charge in [-0.2, -0.15) is 13.2 Å². The molecule has 2 nitrogen and oxygen atoms in total. The van der Waals surface area contributed by atoms with E-state index in [-0.39, 0.29) is 5.92 Å². The second-order valence-corrected chi connectivity index (χ2v) is 5.49. The van der Waals surface area contributed by atoms with Gasteiger partial charge < -0.3 is 4.90 Å². The molecule has 1 aromatic heterocycles. The van der Waals surface area contributed by atoms with Crippen LogP contribution in [0.2, 0.25) is 0 Å². The van der Waals surface area contributed by atoms with E-state index in [9.17, 15) is 17.6 Å². The molecule has 0 bridgehead atoms. The van der Waals surface area contributed by atoms with Gasteiger partial charge in [-0.1, -0.05) is 0 Å². The van der Waals surface area contributed by atoms with E-state index >= 15 is 0 Å². The maximum Gasteiger partial charge on any atom is 0.417 e. The molecule has 0 N–H and O–H groups in total. The molecule has 1 aliphatic rings. The van der Waals surface area contributed by atoms with Crippen LogP contribution in [0.15, 0.2) is 16.7 Å². The van der Waals surface area contributed by atoms with Gasteiger partial charge in [-0.3, -0.25) is 4.39 Å². The molecule has 7 heteroatoms. The molecule has 0 saturated carbocycles. The Kier molecular flexibility index (Phi) is 4.32. The highest BCUT2D eigenvalue weighted by molar-refractivity contribution is 9.10. The van der Waals surface area contributed by atoms with Crippen molar-refractivity contribution < 1.29 is 17.6 Å². The maximum absolute atomic E-state index is 12.7. The standard InChI is InChI=1S/C12H13BrF4N2/c13-10-4-9(12(15,16)17)6-18-11(10)19-3-1-2-8(5-14)7-19/h4,6,8H,1-3,5,7H2. The zero-order valence-electron chi connectivity index (χ0n) is 10.1. The van der Waals surface area contributed by atoms with Crippen molar-refractivity contribution in [3.8, 4) is 0 Å². The van der Waals surface area contributed by atoms with Gasteiger partial charge >= 0.3 is 6.18 Å². The van der Waals surface area contributed by atoms with Crippen molar-refractivity contribution in [1.29, 1.82) is 0 Å². The van der Waals surface area contributed by atoms with Gasteiger partial charge in [-0.15, -0.1) is 0 Å². The van der Waals surface area contributed by atoms with Crippen LogP contribution in [0.25, 0.3) is 0 Å². The van der Waals surface area contributed by atoms with E-state index in [1.165, 1.54) is 0 Å². The number of aromatic nitrogens is 1. The van der Waals surface area contributed by atoms with Gasteiger partial charge in [0.25, 0.3) is 0 Å². The molecule has 19 heavy (non-hydrogen) atoms. The second kappa shape index (κ2) is 5.64. The Morgan fingerprint density at radius 2 is 2.16 bits per heavy atom. The van der Waals surface area contributed by atoms with E-state index < -0.39 is 18.4 Å². The van der Waals surface area contributed by atoms with E-state index in [1.54, 1.807) is 0 Å². The number of piperidine rings is 1. The van der Waals surface area contributed by atoms with E-state index in [2.05, 4.69) is 20.9 Å². The predicted octanol–water partition coefficient (Wildman–Crippen LogP) is 4.05. The zero-order valence-corrected chi connectivity index (χ0v) is 11.6. The Morgan fingerprint density at radius 1 is 1.42 bits per heavy atom. The summed E-state index contributed by atoms with van der Waals surface area (Å²) in [5.74, 6) is 0.385. The molecular weight excluding hydrogens is 328 g/mol. The third kappa shape index (κ3) is 3.38. The quantitative estimate of drug-likeness (QED) is 0.755. The highest BCUT2D eigenvalue weighted by Gasteiger charge is 2.32. The van der Waals surface area contributed by atoms with Crippen LogP contribution in [0.1, 0.15) is 18.4 Å². The molecule has 2 heterocycles. The molecule has 1 saturated heterocycles. The molecular formula is C12H13BrF4N2. The highest BCUT2D eigenvalue weighted by Crippen LogP contribution is 2.34. The molecule has 2 rings (SSSR count). The maximum atomic E-state index is 12.7. The fraction of sp³-hybridized carbons (Fsp3) is 0.583. The van der Waals surface area contributed by atoms with E-state index in [0.717, 1.165) is 25.1 Å². The Bertz CT molecular complexity index is 450. The first-order valence-corrected chi connectivity index (χ1v) is 6.74. The summed E-state index contributed by atoms with van der Waals surface area (Å²) in [5.41, 5.74) is -0.790. The van der Waals surface area contributed by atoms with Gasteiger partial charge in [0.05, 0.1) is 16.7 Å². The largest absolute Gasteiger partial charge is 0.417 e. The number of hydrogen-bond acceptors (Lipinski definition) is 2. The summed E-state index contributed by atoms with van der Waals surface area (Å²) in [4.78, 5) is 5.71. The summed E-state index contributed by atoms with van der Waals surface area (Å²) in [6.07, 6.45) is -1.95. The molecule has 1 aromatic rings. The number of hydrogen-bond donors (Lipinski definition) is 0. The first kappa shape index (κ1) is 14.6. The van der Waals surface area contributed by atoms with Crippen molar-refractivity contribution in [1.82, 2.24) is 4.98 Å². The molecule has 0 radical (unpaired) electrons. The summed E-state index contributed by atoms with van der Waals surface area (Å²) in [7, 11) is 0. The Balaban J connectivity index is 2.21. The predicted molar refractivity (Wildman–Crippen MR) is 67.9 cm³/mol. The van der Waals surface area contributed by atoms with Gasteiger partial charge in [0.1, 0.15) is 5.82 Å². The number of alkyl halides is 4. The zero-order chi connectivity index (χ0) is 14.0. The van der Waals surface area contributed by atoms with Crippen molar-refractivity contribution >= 4 is 21.7 Å². The fourth-order valence-electron chi connectivity index (χ4n) is 2.20. The summed E-state index contributed by atoms with van der Waals surface area (Å²) < 4.78 is 50.6. The lowest BCUT2D eigenvalue weighted by Crippen LogP contribution is -2.37. The minimum Gasteiger partial charge on any atom is -0.355 e. The molecule has 1 aliphatic heterocycles. The molecule has 0 aromatic carbocycles. The lowest BCUT2D eigenvalue weighted by atomic mass is 9.99. The van der Waals surface area contributed by atoms with E-state index in [0.29, 0.717) is 23.4 Å². The van der Waals surface area contributed by atoms with Crippen LogP contribution in [0, 0.1) is 5.92 Å². The number of anilines is 1. The van der Waals surface area contributed by atoms with Crippen LogP contribution in [0.3, 0.4) is 0 Å². The number of halogens is 5. The van der Waals surface area contributed by atoms with Gasteiger partial charge in [0.2, 0.25) is 0 Å². The summed E-state index contributed by atoms with van der Waals surface area (Å²) >= 11 is 3.12. The van der Waals surface area contributed by atoms with Crippen molar-refractivity contribution in [2.75, 3.05) is 24.7 Å². The van der Waals surface area contributed by atoms with Crippen LogP contribution in [-0.4, -0.2) is 24.7 Å². The number of nitrogens with zero attached hydrogens (tertiary/aromatic N) is 2. The fourth-order valence-corrected chi connectivity index (χ4v) is 2.80. The van der Waals surface area contributed by atoms with Gasteiger partial charge in [0, 0.05) is 25.2 Å². The summed E-state index contributed by atoms with van der Waals surface area (Å²) in [5, 5.41) is 0. The molecule has 1 fully saturated rings. The Morgan fingerprint density at radius 3 is 2.74 bits per heavy atom. The molecule has 1 unspecified atom stereocenters. The topological polar surface area (TPSA) is 16.1 Å². The van der Waals surface area contributed by atoms with Crippen LogP contribution >= 0.6 is 15.9 Å². The normalized spacial score (nSPS) is 20.7. The molecule has 0 amide bonds. The molecule has 0 spiro atoms. The lowest BCUT2D eigenvalue weighted by Gasteiger charge is -2.33. The van der Waals surface area contributed by atoms with Crippen molar-refractivity contribution in [2.45, 2.75) is 19.0 Å². The monoisotopic (exact) mass is 340 g/mol. The molecule has 1 atom stereocenters. The third-order valence-corrected chi connectivity index (χ3v) is 3.77. The Hall–Kier alpha value is -0.850. The van der Waals surface area contributed by atoms with E-state index in [1.807, 2.05) is 4.90 Å². The van der Waals surface area contributed by atoms with E-state index in [4.69, 9.17) is 0 Å². The van der Waals surface area contributed by atoms with Gasteiger partial charge in [0.15, 0.2) is 0 Å². The molecule has 106 valence electrons. The average molecular weight is 341 g/mol. The van der Waals surface area contributed by atoms with Crippen LogP contribution in [0.5, 0.6) is 0 Å². The smallest absolute Gasteiger partial charge is 0.355 e. The van der Waals surface area contributed by atoms with Crippen LogP contribution in [-0.2, 0) is 6.18 Å². The second-order valence-electron chi connectivity index (χ2n) is 4.64. The molecule has 0 aliphatic carbocycles. The minimum absolute atomic E-state index is 0.0651. The number of pyridine rings is 1. The third-order valence-electron chi connectivity index (χ3n) is 3.19. The van der Waals surface area contributed by atoms with Gasteiger partial charge in [-0.05, 0) is 34.8 Å². The number of rotatable bonds is 2.